The van der Waals surface area contributed by atoms with Crippen LogP contribution in [0.1, 0.15) is 31.1 Å². The Morgan fingerprint density at radius 2 is 2.05 bits per heavy atom. The molecule has 0 aliphatic rings. The fraction of sp³-hybridized carbons (Fsp3) is 0.333. The SMILES string of the molecule is CC(C)C(O)c1ccn(Cc2ccc(F)c(Cl)c2)c1. The first kappa shape index (κ1) is 14.1. The van der Waals surface area contributed by atoms with Gasteiger partial charge in [0.1, 0.15) is 5.82 Å². The minimum absolute atomic E-state index is 0.132. The highest BCUT2D eigenvalue weighted by atomic mass is 35.5. The Kier molecular flexibility index (Phi) is 4.27. The van der Waals surface area contributed by atoms with Crippen LogP contribution in [0, 0.1) is 11.7 Å². The number of aliphatic hydroxyl groups is 1. The summed E-state index contributed by atoms with van der Waals surface area (Å²) in [7, 11) is 0. The van der Waals surface area contributed by atoms with Crippen molar-refractivity contribution in [1.29, 1.82) is 0 Å². The van der Waals surface area contributed by atoms with Gasteiger partial charge in [0.15, 0.2) is 0 Å². The Hall–Kier alpha value is -1.32. The molecule has 0 aliphatic carbocycles. The topological polar surface area (TPSA) is 25.2 Å². The van der Waals surface area contributed by atoms with Crippen molar-refractivity contribution in [2.24, 2.45) is 5.92 Å². The largest absolute Gasteiger partial charge is 0.388 e. The first-order valence-electron chi connectivity index (χ1n) is 6.25. The molecule has 1 atom stereocenters. The van der Waals surface area contributed by atoms with E-state index in [1.807, 2.05) is 36.9 Å². The number of rotatable bonds is 4. The lowest BCUT2D eigenvalue weighted by molar-refractivity contribution is 0.127. The van der Waals surface area contributed by atoms with Gasteiger partial charge in [0.05, 0.1) is 11.1 Å². The van der Waals surface area contributed by atoms with Crippen molar-refractivity contribution in [2.45, 2.75) is 26.5 Å². The second-order valence-electron chi connectivity index (χ2n) is 5.05. The molecular formula is C15H17ClFNO. The van der Waals surface area contributed by atoms with Crippen LogP contribution in [0.2, 0.25) is 5.02 Å². The van der Waals surface area contributed by atoms with Gasteiger partial charge in [-0.25, -0.2) is 4.39 Å². The zero-order valence-corrected chi connectivity index (χ0v) is 11.7. The molecule has 1 heterocycles. The maximum Gasteiger partial charge on any atom is 0.141 e. The summed E-state index contributed by atoms with van der Waals surface area (Å²) in [6, 6.07) is 6.59. The van der Waals surface area contributed by atoms with E-state index in [1.165, 1.54) is 6.07 Å². The average Bonchev–Trinajstić information content (AvgIpc) is 2.81. The number of hydrogen-bond acceptors (Lipinski definition) is 1. The molecular weight excluding hydrogens is 265 g/mol. The maximum atomic E-state index is 13.1. The number of nitrogens with zero attached hydrogens (tertiary/aromatic N) is 1. The van der Waals surface area contributed by atoms with Crippen LogP contribution in [-0.2, 0) is 6.54 Å². The fourth-order valence-corrected chi connectivity index (χ4v) is 2.17. The van der Waals surface area contributed by atoms with E-state index in [0.29, 0.717) is 6.54 Å². The van der Waals surface area contributed by atoms with Gasteiger partial charge in [-0.3, -0.25) is 0 Å². The highest BCUT2D eigenvalue weighted by Gasteiger charge is 2.13. The molecule has 0 amide bonds. The Morgan fingerprint density at radius 3 is 2.68 bits per heavy atom. The van der Waals surface area contributed by atoms with Crippen LogP contribution in [-0.4, -0.2) is 9.67 Å². The second-order valence-corrected chi connectivity index (χ2v) is 5.46. The Labute approximate surface area is 117 Å². The monoisotopic (exact) mass is 281 g/mol. The highest BCUT2D eigenvalue weighted by molar-refractivity contribution is 6.30. The van der Waals surface area contributed by atoms with Crippen molar-refractivity contribution in [1.82, 2.24) is 4.57 Å². The summed E-state index contributed by atoms with van der Waals surface area (Å²) in [5.74, 6) is -0.232. The van der Waals surface area contributed by atoms with Gasteiger partial charge in [-0.2, -0.15) is 0 Å². The van der Waals surface area contributed by atoms with E-state index >= 15 is 0 Å². The summed E-state index contributed by atoms with van der Waals surface area (Å²) in [6.07, 6.45) is 3.35. The van der Waals surface area contributed by atoms with Crippen LogP contribution in [0.15, 0.2) is 36.7 Å². The van der Waals surface area contributed by atoms with Crippen LogP contribution in [0.5, 0.6) is 0 Å². The van der Waals surface area contributed by atoms with E-state index in [2.05, 4.69) is 0 Å². The third kappa shape index (κ3) is 3.37. The Bertz CT molecular complexity index is 565. The fourth-order valence-electron chi connectivity index (χ4n) is 1.97. The van der Waals surface area contributed by atoms with E-state index in [1.54, 1.807) is 12.1 Å². The zero-order chi connectivity index (χ0) is 14.0. The number of aliphatic hydroxyl groups excluding tert-OH is 1. The highest BCUT2D eigenvalue weighted by Crippen LogP contribution is 2.22. The molecule has 102 valence electrons. The summed E-state index contributed by atoms with van der Waals surface area (Å²) < 4.78 is 15.0. The molecule has 19 heavy (non-hydrogen) atoms. The van der Waals surface area contributed by atoms with Crippen LogP contribution in [0.4, 0.5) is 4.39 Å². The quantitative estimate of drug-likeness (QED) is 0.900. The van der Waals surface area contributed by atoms with E-state index in [4.69, 9.17) is 11.6 Å². The van der Waals surface area contributed by atoms with Crippen molar-refractivity contribution in [2.75, 3.05) is 0 Å². The van der Waals surface area contributed by atoms with E-state index in [0.717, 1.165) is 11.1 Å². The number of hydrogen-bond donors (Lipinski definition) is 1. The minimum atomic E-state index is -0.460. The summed E-state index contributed by atoms with van der Waals surface area (Å²) in [4.78, 5) is 0. The molecule has 0 spiro atoms. The molecule has 0 aliphatic heterocycles. The number of halogens is 2. The second kappa shape index (κ2) is 5.76. The number of aromatic nitrogens is 1. The van der Waals surface area contributed by atoms with Gasteiger partial charge in [0.25, 0.3) is 0 Å². The van der Waals surface area contributed by atoms with Crippen LogP contribution < -0.4 is 0 Å². The molecule has 2 aromatic rings. The molecule has 0 radical (unpaired) electrons. The molecule has 2 rings (SSSR count). The van der Waals surface area contributed by atoms with Gasteiger partial charge in [0, 0.05) is 18.9 Å². The molecule has 0 fully saturated rings. The van der Waals surface area contributed by atoms with E-state index in [-0.39, 0.29) is 10.9 Å². The Morgan fingerprint density at radius 1 is 1.32 bits per heavy atom. The lowest BCUT2D eigenvalue weighted by Gasteiger charge is -2.12. The molecule has 1 aromatic carbocycles. The first-order chi connectivity index (χ1) is 8.97. The minimum Gasteiger partial charge on any atom is -0.388 e. The van der Waals surface area contributed by atoms with Crippen LogP contribution in [0.25, 0.3) is 0 Å². The van der Waals surface area contributed by atoms with Gasteiger partial charge in [0.2, 0.25) is 0 Å². The molecule has 0 bridgehead atoms. The molecule has 4 heteroatoms. The first-order valence-corrected chi connectivity index (χ1v) is 6.63. The van der Waals surface area contributed by atoms with E-state index in [9.17, 15) is 9.50 Å². The number of benzene rings is 1. The molecule has 1 aromatic heterocycles. The third-order valence-corrected chi connectivity index (χ3v) is 3.39. The lowest BCUT2D eigenvalue weighted by atomic mass is 10.0. The van der Waals surface area contributed by atoms with Crippen LogP contribution in [0.3, 0.4) is 0 Å². The summed E-state index contributed by atoms with van der Waals surface area (Å²) in [6.45, 7) is 4.55. The molecule has 0 saturated carbocycles. The maximum absolute atomic E-state index is 13.1. The van der Waals surface area contributed by atoms with Gasteiger partial charge < -0.3 is 9.67 Å². The predicted molar refractivity (Wildman–Crippen MR) is 74.7 cm³/mol. The summed E-state index contributed by atoms with van der Waals surface area (Å²) in [5.41, 5.74) is 1.82. The molecule has 2 nitrogen and oxygen atoms in total. The predicted octanol–water partition coefficient (Wildman–Crippen LogP) is 4.02. The van der Waals surface area contributed by atoms with Crippen LogP contribution >= 0.6 is 11.6 Å². The van der Waals surface area contributed by atoms with Crippen molar-refractivity contribution in [3.8, 4) is 0 Å². The van der Waals surface area contributed by atoms with Gasteiger partial charge in [-0.05, 0) is 35.2 Å². The van der Waals surface area contributed by atoms with Crippen molar-refractivity contribution in [3.05, 3.63) is 58.6 Å². The van der Waals surface area contributed by atoms with E-state index < -0.39 is 11.9 Å². The van der Waals surface area contributed by atoms with Crippen molar-refractivity contribution < 1.29 is 9.50 Å². The molecule has 1 N–H and O–H groups in total. The zero-order valence-electron chi connectivity index (χ0n) is 11.0. The summed E-state index contributed by atoms with van der Waals surface area (Å²) >= 11 is 5.75. The molecule has 1 unspecified atom stereocenters. The molecule has 0 saturated heterocycles. The van der Waals surface area contributed by atoms with Crippen molar-refractivity contribution in [3.63, 3.8) is 0 Å². The van der Waals surface area contributed by atoms with Gasteiger partial charge in [-0.15, -0.1) is 0 Å². The standard InChI is InChI=1S/C15H17ClFNO/c1-10(2)15(19)12-5-6-18(9-12)8-11-3-4-14(17)13(16)7-11/h3-7,9-10,15,19H,8H2,1-2H3. The smallest absolute Gasteiger partial charge is 0.141 e. The Balaban J connectivity index is 2.13. The van der Waals surface area contributed by atoms with Gasteiger partial charge in [-0.1, -0.05) is 31.5 Å². The van der Waals surface area contributed by atoms with Gasteiger partial charge >= 0.3 is 0 Å². The lowest BCUT2D eigenvalue weighted by Crippen LogP contribution is -2.04. The average molecular weight is 282 g/mol. The normalized spacial score (nSPS) is 12.9. The third-order valence-electron chi connectivity index (χ3n) is 3.10. The van der Waals surface area contributed by atoms with Crippen molar-refractivity contribution >= 4 is 11.6 Å². The summed E-state index contributed by atoms with van der Waals surface area (Å²) in [5, 5.41) is 10.1.